The first kappa shape index (κ1) is 24.1. The molecule has 0 bridgehead atoms. The number of alkyl halides is 3. The molecule has 1 rings (SSSR count). The third kappa shape index (κ3) is 11.5. The van der Waals surface area contributed by atoms with Gasteiger partial charge in [-0.15, -0.1) is 0 Å². The number of ether oxygens (including phenoxy) is 5. The second-order valence-corrected chi connectivity index (χ2v) is 5.94. The lowest BCUT2D eigenvalue weighted by Crippen LogP contribution is -2.15. The van der Waals surface area contributed by atoms with Crippen LogP contribution >= 0.6 is 15.9 Å². The molecule has 1 N–H and O–H groups in total. The Hall–Kier alpha value is -0.980. The average Bonchev–Trinajstić information content (AvgIpc) is 2.62. The quantitative estimate of drug-likeness (QED) is 0.401. The largest absolute Gasteiger partial charge is 0.475 e. The lowest BCUT2D eigenvalue weighted by molar-refractivity contribution is -0.139. The predicted octanol–water partition coefficient (Wildman–Crippen LogP) is 2.30. The molecular formula is C16H23BrF3NO6. The highest BCUT2D eigenvalue weighted by Gasteiger charge is 2.35. The summed E-state index contributed by atoms with van der Waals surface area (Å²) in [5, 5.41) is 8.50. The first-order valence-corrected chi connectivity index (χ1v) is 9.02. The van der Waals surface area contributed by atoms with Crippen molar-refractivity contribution >= 4 is 15.9 Å². The minimum atomic E-state index is -4.55. The molecule has 27 heavy (non-hydrogen) atoms. The van der Waals surface area contributed by atoms with Gasteiger partial charge in [-0.2, -0.15) is 13.2 Å². The lowest BCUT2D eigenvalue weighted by atomic mass is 10.2. The standard InChI is InChI=1S/C16H23BrF3NO6/c17-13-11-14(16(18,19)20)15(21-12-13)27-10-9-26-8-7-25-6-5-24-4-3-23-2-1-22/h11-12,22H,1-10H2. The van der Waals surface area contributed by atoms with Crippen LogP contribution in [0.2, 0.25) is 0 Å². The van der Waals surface area contributed by atoms with E-state index in [0.29, 0.717) is 33.0 Å². The molecule has 7 nitrogen and oxygen atoms in total. The summed E-state index contributed by atoms with van der Waals surface area (Å²) in [6, 6.07) is 0.915. The molecule has 0 saturated heterocycles. The minimum absolute atomic E-state index is 0.0166. The van der Waals surface area contributed by atoms with Crippen molar-refractivity contribution in [3.05, 3.63) is 22.3 Å². The van der Waals surface area contributed by atoms with Gasteiger partial charge in [0.25, 0.3) is 0 Å². The molecule has 1 aromatic heterocycles. The molecule has 0 amide bonds. The van der Waals surface area contributed by atoms with Crippen LogP contribution in [0, 0.1) is 0 Å². The fourth-order valence-corrected chi connectivity index (χ4v) is 2.10. The minimum Gasteiger partial charge on any atom is -0.475 e. The van der Waals surface area contributed by atoms with Gasteiger partial charge in [-0.1, -0.05) is 0 Å². The Labute approximate surface area is 163 Å². The fraction of sp³-hybridized carbons (Fsp3) is 0.688. The second kappa shape index (κ2) is 14.1. The van der Waals surface area contributed by atoms with Gasteiger partial charge in [0.1, 0.15) is 12.2 Å². The van der Waals surface area contributed by atoms with Gasteiger partial charge in [0.05, 0.1) is 59.5 Å². The molecule has 0 radical (unpaired) electrons. The molecule has 0 aliphatic carbocycles. The zero-order valence-corrected chi connectivity index (χ0v) is 16.3. The van der Waals surface area contributed by atoms with Crippen LogP contribution in [-0.4, -0.2) is 76.2 Å². The molecule has 0 spiro atoms. The molecule has 1 heterocycles. The number of halogens is 4. The van der Waals surface area contributed by atoms with Gasteiger partial charge >= 0.3 is 6.18 Å². The number of aliphatic hydroxyl groups is 1. The number of nitrogens with zero attached hydrogens (tertiary/aromatic N) is 1. The van der Waals surface area contributed by atoms with Gasteiger partial charge in [-0.25, -0.2) is 4.98 Å². The summed E-state index contributed by atoms with van der Waals surface area (Å²) in [6.45, 7) is 2.55. The SMILES string of the molecule is OCCOCCOCCOCCOCCOc1ncc(Br)cc1C(F)(F)F. The molecule has 0 unspecified atom stereocenters. The highest BCUT2D eigenvalue weighted by atomic mass is 79.9. The van der Waals surface area contributed by atoms with Crippen LogP contribution < -0.4 is 4.74 Å². The molecule has 1 aromatic rings. The van der Waals surface area contributed by atoms with Crippen molar-refractivity contribution in [3.8, 4) is 5.88 Å². The molecule has 0 fully saturated rings. The summed E-state index contributed by atoms with van der Waals surface area (Å²) in [5.41, 5.74) is -0.943. The van der Waals surface area contributed by atoms with Crippen molar-refractivity contribution in [3.63, 3.8) is 0 Å². The molecule has 0 aliphatic rings. The van der Waals surface area contributed by atoms with Crippen LogP contribution in [0.5, 0.6) is 5.88 Å². The Morgan fingerprint density at radius 1 is 0.852 bits per heavy atom. The molecule has 0 saturated carbocycles. The van der Waals surface area contributed by atoms with Gasteiger partial charge in [0, 0.05) is 10.7 Å². The summed E-state index contributed by atoms with van der Waals surface area (Å²) in [4.78, 5) is 3.64. The number of aromatic nitrogens is 1. The van der Waals surface area contributed by atoms with Crippen molar-refractivity contribution in [1.82, 2.24) is 4.98 Å². The highest BCUT2D eigenvalue weighted by molar-refractivity contribution is 9.10. The Morgan fingerprint density at radius 3 is 1.81 bits per heavy atom. The van der Waals surface area contributed by atoms with Crippen LogP contribution in [0.25, 0.3) is 0 Å². The number of rotatable bonds is 15. The van der Waals surface area contributed by atoms with Crippen LogP contribution in [0.3, 0.4) is 0 Å². The van der Waals surface area contributed by atoms with Crippen molar-refractivity contribution in [2.45, 2.75) is 6.18 Å². The number of hydrogen-bond donors (Lipinski definition) is 1. The van der Waals surface area contributed by atoms with E-state index >= 15 is 0 Å². The maximum absolute atomic E-state index is 12.9. The predicted molar refractivity (Wildman–Crippen MR) is 92.8 cm³/mol. The third-order valence-electron chi connectivity index (χ3n) is 2.94. The van der Waals surface area contributed by atoms with Gasteiger partial charge in [-0.3, -0.25) is 0 Å². The van der Waals surface area contributed by atoms with E-state index in [-0.39, 0.29) is 37.5 Å². The van der Waals surface area contributed by atoms with Crippen molar-refractivity contribution in [2.24, 2.45) is 0 Å². The highest BCUT2D eigenvalue weighted by Crippen LogP contribution is 2.36. The van der Waals surface area contributed by atoms with Crippen LogP contribution in [0.15, 0.2) is 16.7 Å². The van der Waals surface area contributed by atoms with Crippen molar-refractivity contribution in [1.29, 1.82) is 0 Å². The average molecular weight is 462 g/mol. The van der Waals surface area contributed by atoms with E-state index in [0.717, 1.165) is 6.07 Å². The summed E-state index contributed by atoms with van der Waals surface area (Å²) in [5.74, 6) is -0.481. The van der Waals surface area contributed by atoms with Crippen molar-refractivity contribution < 1.29 is 42.0 Å². The Bertz CT molecular complexity index is 521. The summed E-state index contributed by atoms with van der Waals surface area (Å²) < 4.78 is 64.7. The monoisotopic (exact) mass is 461 g/mol. The Morgan fingerprint density at radius 2 is 1.33 bits per heavy atom. The fourth-order valence-electron chi connectivity index (χ4n) is 1.77. The number of aliphatic hydroxyl groups excluding tert-OH is 1. The van der Waals surface area contributed by atoms with E-state index in [2.05, 4.69) is 20.9 Å². The zero-order chi connectivity index (χ0) is 20.0. The molecule has 156 valence electrons. The first-order valence-electron chi connectivity index (χ1n) is 8.22. The van der Waals surface area contributed by atoms with E-state index in [4.69, 9.17) is 28.8 Å². The smallest absolute Gasteiger partial charge is 0.421 e. The first-order chi connectivity index (χ1) is 12.9. The van der Waals surface area contributed by atoms with Crippen LogP contribution in [-0.2, 0) is 25.1 Å². The Balaban J connectivity index is 2.02. The summed E-state index contributed by atoms with van der Waals surface area (Å²) in [6.07, 6.45) is -3.31. The van der Waals surface area contributed by atoms with Crippen LogP contribution in [0.4, 0.5) is 13.2 Å². The van der Waals surface area contributed by atoms with E-state index in [1.165, 1.54) is 6.20 Å². The molecule has 11 heteroatoms. The second-order valence-electron chi connectivity index (χ2n) is 5.03. The van der Waals surface area contributed by atoms with Gasteiger partial charge < -0.3 is 28.8 Å². The number of hydrogen-bond acceptors (Lipinski definition) is 7. The topological polar surface area (TPSA) is 79.3 Å². The van der Waals surface area contributed by atoms with Crippen LogP contribution in [0.1, 0.15) is 5.56 Å². The zero-order valence-electron chi connectivity index (χ0n) is 14.7. The maximum atomic E-state index is 12.9. The van der Waals surface area contributed by atoms with Gasteiger partial charge in [0.15, 0.2) is 0 Å². The van der Waals surface area contributed by atoms with Crippen molar-refractivity contribution in [2.75, 3.05) is 66.1 Å². The third-order valence-corrected chi connectivity index (χ3v) is 3.37. The molecular weight excluding hydrogens is 439 g/mol. The van der Waals surface area contributed by atoms with E-state index < -0.39 is 17.6 Å². The molecule has 0 atom stereocenters. The van der Waals surface area contributed by atoms with Gasteiger partial charge in [0.2, 0.25) is 5.88 Å². The van der Waals surface area contributed by atoms with E-state index in [9.17, 15) is 13.2 Å². The summed E-state index contributed by atoms with van der Waals surface area (Å²) >= 11 is 2.95. The lowest BCUT2D eigenvalue weighted by Gasteiger charge is -2.13. The van der Waals surface area contributed by atoms with E-state index in [1.54, 1.807) is 0 Å². The van der Waals surface area contributed by atoms with Gasteiger partial charge in [-0.05, 0) is 22.0 Å². The maximum Gasteiger partial charge on any atom is 0.421 e. The van der Waals surface area contributed by atoms with E-state index in [1.807, 2.05) is 0 Å². The normalized spacial score (nSPS) is 11.7. The Kier molecular flexibility index (Phi) is 12.5. The number of pyridine rings is 1. The molecule has 0 aliphatic heterocycles. The molecule has 0 aromatic carbocycles. The summed E-state index contributed by atoms with van der Waals surface area (Å²) in [7, 11) is 0.